The smallest absolute Gasteiger partial charge is 0.411 e. The number of carbonyl (C=O) groups is 1. The molecule has 0 aromatic carbocycles. The molecule has 0 saturated carbocycles. The van der Waals surface area contributed by atoms with Gasteiger partial charge >= 0.3 is 6.09 Å². The van der Waals surface area contributed by atoms with Crippen molar-refractivity contribution in [2.75, 3.05) is 13.1 Å². The van der Waals surface area contributed by atoms with Crippen molar-refractivity contribution < 1.29 is 9.53 Å². The Labute approximate surface area is 102 Å². The largest absolute Gasteiger partial charge is 0.444 e. The second-order valence-electron chi connectivity index (χ2n) is 5.45. The lowest BCUT2D eigenvalue weighted by atomic mass is 10.0. The van der Waals surface area contributed by atoms with Crippen LogP contribution in [0.2, 0.25) is 0 Å². The predicted molar refractivity (Wildman–Crippen MR) is 67.6 cm³/mol. The number of thiocarbonyl (C=S) groups is 1. The Morgan fingerprint density at radius 1 is 1.50 bits per heavy atom. The quantitative estimate of drug-likeness (QED) is 0.661. The fraction of sp³-hybridized carbons (Fsp3) is 0.818. The third-order valence-corrected chi connectivity index (χ3v) is 3.11. The predicted octanol–water partition coefficient (Wildman–Crippen LogP) is 1.93. The maximum Gasteiger partial charge on any atom is 0.411 e. The van der Waals surface area contributed by atoms with Crippen LogP contribution in [0.15, 0.2) is 0 Å². The molecule has 0 radical (unpaired) electrons. The van der Waals surface area contributed by atoms with Crippen molar-refractivity contribution in [3.05, 3.63) is 0 Å². The summed E-state index contributed by atoms with van der Waals surface area (Å²) < 4.78 is 5.36. The van der Waals surface area contributed by atoms with Crippen LogP contribution in [0, 0.1) is 0 Å². The van der Waals surface area contributed by atoms with E-state index in [9.17, 15) is 4.79 Å². The maximum absolute atomic E-state index is 12.0. The molecule has 0 bridgehead atoms. The van der Waals surface area contributed by atoms with Crippen LogP contribution in [0.1, 0.15) is 34.6 Å². The first kappa shape index (κ1) is 13.2. The topological polar surface area (TPSA) is 41.6 Å². The zero-order valence-corrected chi connectivity index (χ0v) is 11.4. The van der Waals surface area contributed by atoms with Crippen molar-refractivity contribution in [2.45, 2.75) is 45.8 Å². The van der Waals surface area contributed by atoms with Gasteiger partial charge in [-0.15, -0.1) is 0 Å². The highest BCUT2D eigenvalue weighted by molar-refractivity contribution is 7.80. The van der Waals surface area contributed by atoms with Crippen molar-refractivity contribution >= 4 is 23.3 Å². The molecule has 92 valence electrons. The van der Waals surface area contributed by atoms with E-state index in [1.54, 1.807) is 4.90 Å². The van der Waals surface area contributed by atoms with E-state index in [-0.39, 0.29) is 6.09 Å². The van der Waals surface area contributed by atoms with Gasteiger partial charge in [0, 0.05) is 13.1 Å². The molecule has 1 aliphatic heterocycles. The zero-order chi connectivity index (χ0) is 12.6. The van der Waals surface area contributed by atoms with Crippen molar-refractivity contribution in [1.29, 1.82) is 0 Å². The van der Waals surface area contributed by atoms with Crippen LogP contribution < -0.4 is 5.32 Å². The number of hydrogen-bond acceptors (Lipinski definition) is 3. The maximum atomic E-state index is 12.0. The van der Waals surface area contributed by atoms with Gasteiger partial charge in [0.15, 0.2) is 0 Å². The minimum absolute atomic E-state index is 0.304. The van der Waals surface area contributed by atoms with E-state index in [2.05, 4.69) is 5.32 Å². The number of ether oxygens (including phenoxy) is 1. The van der Waals surface area contributed by atoms with Crippen molar-refractivity contribution in [3.63, 3.8) is 0 Å². The summed E-state index contributed by atoms with van der Waals surface area (Å²) in [6.07, 6.45) is -0.304. The highest BCUT2D eigenvalue weighted by Gasteiger charge is 2.39. The molecule has 0 unspecified atom stereocenters. The molecule has 0 spiro atoms. The third kappa shape index (κ3) is 2.84. The third-order valence-electron chi connectivity index (χ3n) is 2.47. The lowest BCUT2D eigenvalue weighted by Gasteiger charge is -2.43. The number of amides is 1. The van der Waals surface area contributed by atoms with Crippen LogP contribution in [0.5, 0.6) is 0 Å². The summed E-state index contributed by atoms with van der Waals surface area (Å²) in [7, 11) is 0. The van der Waals surface area contributed by atoms with Crippen molar-refractivity contribution in [3.8, 4) is 0 Å². The Morgan fingerprint density at radius 2 is 2.06 bits per heavy atom. The fourth-order valence-electron chi connectivity index (χ4n) is 1.54. The summed E-state index contributed by atoms with van der Waals surface area (Å²) in [6, 6.07) is 0. The fourth-order valence-corrected chi connectivity index (χ4v) is 1.75. The van der Waals surface area contributed by atoms with Crippen LogP contribution in [-0.4, -0.2) is 40.2 Å². The van der Waals surface area contributed by atoms with Crippen LogP contribution in [0.3, 0.4) is 0 Å². The Bertz CT molecular complexity index is 308. The van der Waals surface area contributed by atoms with E-state index in [1.165, 1.54) is 0 Å². The van der Waals surface area contributed by atoms with Gasteiger partial charge in [0.25, 0.3) is 0 Å². The van der Waals surface area contributed by atoms with E-state index < -0.39 is 11.1 Å². The molecule has 0 aliphatic carbocycles. The Balaban J connectivity index is 2.79. The van der Waals surface area contributed by atoms with Gasteiger partial charge in [-0.05, 0) is 34.6 Å². The average Bonchev–Trinajstić information content (AvgIpc) is 2.06. The van der Waals surface area contributed by atoms with Gasteiger partial charge in [0.1, 0.15) is 10.6 Å². The Kier molecular flexibility index (Phi) is 3.47. The Hall–Kier alpha value is -0.840. The SMILES string of the molecule is CC(C)(C)OC(=O)N1CCNC(=S)C1(C)C. The number of nitrogens with one attached hydrogen (secondary N) is 1. The minimum atomic E-state index is -0.476. The molecule has 1 heterocycles. The monoisotopic (exact) mass is 244 g/mol. The van der Waals surface area contributed by atoms with Gasteiger partial charge in [0.2, 0.25) is 0 Å². The lowest BCUT2D eigenvalue weighted by molar-refractivity contribution is 0.0112. The first-order valence-corrected chi connectivity index (χ1v) is 5.84. The van der Waals surface area contributed by atoms with E-state index in [0.29, 0.717) is 18.1 Å². The van der Waals surface area contributed by atoms with Crippen LogP contribution >= 0.6 is 12.2 Å². The highest BCUT2D eigenvalue weighted by Crippen LogP contribution is 2.21. The van der Waals surface area contributed by atoms with Crippen LogP contribution in [0.4, 0.5) is 4.79 Å². The second-order valence-corrected chi connectivity index (χ2v) is 5.86. The number of rotatable bonds is 0. The lowest BCUT2D eigenvalue weighted by Crippen LogP contribution is -2.63. The van der Waals surface area contributed by atoms with Gasteiger partial charge < -0.3 is 10.1 Å². The summed E-state index contributed by atoms with van der Waals surface area (Å²) in [5.74, 6) is 0. The summed E-state index contributed by atoms with van der Waals surface area (Å²) in [4.78, 5) is 14.4. The van der Waals surface area contributed by atoms with E-state index in [0.717, 1.165) is 0 Å². The number of hydrogen-bond donors (Lipinski definition) is 1. The molecule has 1 saturated heterocycles. The Morgan fingerprint density at radius 3 is 2.56 bits per heavy atom. The molecule has 1 amide bonds. The average molecular weight is 244 g/mol. The molecule has 1 fully saturated rings. The normalized spacial score (nSPS) is 20.3. The van der Waals surface area contributed by atoms with Gasteiger partial charge in [-0.3, -0.25) is 4.90 Å². The number of piperazine rings is 1. The molecule has 1 rings (SSSR count). The van der Waals surface area contributed by atoms with E-state index >= 15 is 0 Å². The van der Waals surface area contributed by atoms with E-state index in [1.807, 2.05) is 34.6 Å². The first-order valence-electron chi connectivity index (χ1n) is 5.43. The summed E-state index contributed by atoms with van der Waals surface area (Å²) in [5, 5.41) is 3.10. The first-order chi connectivity index (χ1) is 7.14. The van der Waals surface area contributed by atoms with Gasteiger partial charge in [-0.2, -0.15) is 0 Å². The van der Waals surface area contributed by atoms with Crippen molar-refractivity contribution in [1.82, 2.24) is 10.2 Å². The van der Waals surface area contributed by atoms with Crippen molar-refractivity contribution in [2.24, 2.45) is 0 Å². The molecule has 1 N–H and O–H groups in total. The van der Waals surface area contributed by atoms with E-state index in [4.69, 9.17) is 17.0 Å². The van der Waals surface area contributed by atoms with Gasteiger partial charge in [0.05, 0.1) is 5.54 Å². The molecule has 4 nitrogen and oxygen atoms in total. The molecule has 0 aromatic rings. The molecule has 5 heteroatoms. The molecular formula is C11H20N2O2S. The number of nitrogens with zero attached hydrogens (tertiary/aromatic N) is 1. The summed E-state index contributed by atoms with van der Waals surface area (Å²) >= 11 is 5.22. The van der Waals surface area contributed by atoms with Gasteiger partial charge in [-0.25, -0.2) is 4.79 Å². The zero-order valence-electron chi connectivity index (χ0n) is 10.6. The van der Waals surface area contributed by atoms with Crippen LogP contribution in [0.25, 0.3) is 0 Å². The summed E-state index contributed by atoms with van der Waals surface area (Å²) in [5.41, 5.74) is -0.949. The summed E-state index contributed by atoms with van der Waals surface area (Å²) in [6.45, 7) is 10.7. The molecule has 0 aromatic heterocycles. The highest BCUT2D eigenvalue weighted by atomic mass is 32.1. The molecule has 0 atom stereocenters. The molecular weight excluding hydrogens is 224 g/mol. The standard InChI is InChI=1S/C11H20N2O2S/c1-10(2,3)15-9(14)13-7-6-12-8(16)11(13,4)5/h6-7H2,1-5H3,(H,12,16). The minimum Gasteiger partial charge on any atom is -0.444 e. The molecule has 16 heavy (non-hydrogen) atoms. The molecule has 1 aliphatic rings. The number of carbonyl (C=O) groups excluding carboxylic acids is 1. The van der Waals surface area contributed by atoms with Crippen LogP contribution in [-0.2, 0) is 4.74 Å². The van der Waals surface area contributed by atoms with Gasteiger partial charge in [-0.1, -0.05) is 12.2 Å². The second kappa shape index (κ2) is 4.20.